The fourth-order valence-corrected chi connectivity index (χ4v) is 5.40. The van der Waals surface area contributed by atoms with Gasteiger partial charge in [-0.2, -0.15) is 0 Å². The highest BCUT2D eigenvalue weighted by Gasteiger charge is 2.33. The number of hydrogen-bond donors (Lipinski definition) is 1. The Morgan fingerprint density at radius 2 is 1.54 bits per heavy atom. The van der Waals surface area contributed by atoms with E-state index in [0.717, 1.165) is 15.4 Å². The highest BCUT2D eigenvalue weighted by atomic mass is 32.2. The maximum Gasteiger partial charge on any atom is 0.264 e. The lowest BCUT2D eigenvalue weighted by atomic mass is 10.1. The predicted molar refractivity (Wildman–Crippen MR) is 151 cm³/mol. The van der Waals surface area contributed by atoms with Crippen molar-refractivity contribution in [1.82, 2.24) is 10.2 Å². The highest BCUT2D eigenvalue weighted by Crippen LogP contribution is 2.26. The molecule has 0 spiro atoms. The van der Waals surface area contributed by atoms with E-state index in [1.807, 2.05) is 27.7 Å². The maximum atomic E-state index is 14.6. The molecule has 0 bridgehead atoms. The van der Waals surface area contributed by atoms with Crippen LogP contribution in [0.4, 0.5) is 10.1 Å². The van der Waals surface area contributed by atoms with Crippen LogP contribution in [0.25, 0.3) is 0 Å². The molecule has 0 aliphatic rings. The first-order valence-corrected chi connectivity index (χ1v) is 14.3. The molecule has 3 rings (SSSR count). The number of sulfonamides is 1. The van der Waals surface area contributed by atoms with Crippen molar-refractivity contribution in [3.63, 3.8) is 0 Å². The Labute approximate surface area is 230 Å². The van der Waals surface area contributed by atoms with Gasteiger partial charge in [-0.15, -0.1) is 0 Å². The minimum Gasteiger partial charge on any atom is -0.354 e. The molecule has 0 saturated carbocycles. The molecule has 7 nitrogen and oxygen atoms in total. The van der Waals surface area contributed by atoms with Crippen LogP contribution in [0.3, 0.4) is 0 Å². The van der Waals surface area contributed by atoms with Gasteiger partial charge >= 0.3 is 0 Å². The Kier molecular flexibility index (Phi) is 9.86. The second kappa shape index (κ2) is 12.9. The fourth-order valence-electron chi connectivity index (χ4n) is 3.97. The van der Waals surface area contributed by atoms with E-state index in [4.69, 9.17) is 0 Å². The maximum absolute atomic E-state index is 14.6. The van der Waals surface area contributed by atoms with Gasteiger partial charge in [0.25, 0.3) is 10.0 Å². The molecule has 1 N–H and O–H groups in total. The first-order chi connectivity index (χ1) is 18.4. The summed E-state index contributed by atoms with van der Waals surface area (Å²) in [6.07, 6.45) is 0. The zero-order valence-electron chi connectivity index (χ0n) is 23.0. The molecule has 0 aromatic heterocycles. The van der Waals surface area contributed by atoms with Crippen molar-refractivity contribution in [1.29, 1.82) is 0 Å². The highest BCUT2D eigenvalue weighted by molar-refractivity contribution is 7.92. The van der Waals surface area contributed by atoms with E-state index >= 15 is 0 Å². The Morgan fingerprint density at radius 3 is 2.15 bits per heavy atom. The zero-order chi connectivity index (χ0) is 28.7. The van der Waals surface area contributed by atoms with Crippen LogP contribution < -0.4 is 9.62 Å². The van der Waals surface area contributed by atoms with E-state index < -0.39 is 40.2 Å². The summed E-state index contributed by atoms with van der Waals surface area (Å²) in [6.45, 7) is 8.85. The van der Waals surface area contributed by atoms with Gasteiger partial charge in [0, 0.05) is 18.7 Å². The van der Waals surface area contributed by atoms with Gasteiger partial charge in [-0.1, -0.05) is 56.3 Å². The third-order valence-corrected chi connectivity index (χ3v) is 8.33. The molecule has 39 heavy (non-hydrogen) atoms. The number of amides is 2. The number of carbonyl (C=O) groups excluding carboxylic acids is 2. The minimum absolute atomic E-state index is 0.0272. The van der Waals surface area contributed by atoms with E-state index in [9.17, 15) is 22.4 Å². The second-order valence-corrected chi connectivity index (χ2v) is 11.9. The molecule has 0 aliphatic heterocycles. The molecule has 3 aromatic rings. The fraction of sp³-hybridized carbons (Fsp3) is 0.333. The number of nitrogens with zero attached hydrogens (tertiary/aromatic N) is 2. The summed E-state index contributed by atoms with van der Waals surface area (Å²) in [7, 11) is -4.15. The summed E-state index contributed by atoms with van der Waals surface area (Å²) in [5.41, 5.74) is 2.37. The summed E-state index contributed by atoms with van der Waals surface area (Å²) in [6, 6.07) is 18.0. The molecular formula is C30H36FN3O4S. The molecular weight excluding hydrogens is 517 g/mol. The van der Waals surface area contributed by atoms with Crippen LogP contribution in [0.1, 0.15) is 37.5 Å². The van der Waals surface area contributed by atoms with Gasteiger partial charge in [0.05, 0.1) is 10.6 Å². The van der Waals surface area contributed by atoms with Crippen molar-refractivity contribution in [3.8, 4) is 0 Å². The lowest BCUT2D eigenvalue weighted by molar-refractivity contribution is -0.139. The number of halogens is 1. The molecule has 1 atom stereocenters. The van der Waals surface area contributed by atoms with Crippen molar-refractivity contribution < 1.29 is 22.4 Å². The van der Waals surface area contributed by atoms with E-state index in [0.29, 0.717) is 12.2 Å². The van der Waals surface area contributed by atoms with Gasteiger partial charge in [0.1, 0.15) is 18.4 Å². The lowest BCUT2D eigenvalue weighted by Crippen LogP contribution is -2.51. The molecule has 0 aliphatic carbocycles. The number of aryl methyl sites for hydroxylation is 2. The average Bonchev–Trinajstić information content (AvgIpc) is 2.91. The van der Waals surface area contributed by atoms with Gasteiger partial charge in [0.2, 0.25) is 11.8 Å². The number of carbonyl (C=O) groups is 2. The quantitative estimate of drug-likeness (QED) is 0.369. The van der Waals surface area contributed by atoms with Crippen LogP contribution in [0, 0.1) is 25.6 Å². The Balaban J connectivity index is 2.03. The summed E-state index contributed by atoms with van der Waals surface area (Å²) in [4.78, 5) is 28.1. The Morgan fingerprint density at radius 1 is 0.897 bits per heavy atom. The minimum atomic E-state index is -4.15. The van der Waals surface area contributed by atoms with Crippen molar-refractivity contribution in [2.24, 2.45) is 5.92 Å². The molecule has 0 fully saturated rings. The predicted octanol–water partition coefficient (Wildman–Crippen LogP) is 4.83. The molecule has 0 heterocycles. The van der Waals surface area contributed by atoms with Crippen molar-refractivity contribution in [3.05, 3.63) is 95.3 Å². The third-order valence-electron chi connectivity index (χ3n) is 6.54. The van der Waals surface area contributed by atoms with E-state index in [2.05, 4.69) is 5.32 Å². The standard InChI is InChI=1S/C30H36FN3O4S/c1-21(2)18-32-30(36)24(5)33(19-25-11-9-10-14-28(25)31)29(35)20-34(26-16-15-22(3)23(4)17-26)39(37,38)27-12-7-6-8-13-27/h6-17,21,24H,18-20H2,1-5H3,(H,32,36)/t24-/m1/s1. The molecule has 208 valence electrons. The normalized spacial score (nSPS) is 12.2. The largest absolute Gasteiger partial charge is 0.354 e. The number of benzene rings is 3. The summed E-state index contributed by atoms with van der Waals surface area (Å²) in [5, 5.41) is 2.81. The van der Waals surface area contributed by atoms with Gasteiger partial charge in [-0.25, -0.2) is 12.8 Å². The Bertz CT molecular complexity index is 1410. The molecule has 3 aromatic carbocycles. The van der Waals surface area contributed by atoms with Crippen LogP contribution in [0.5, 0.6) is 0 Å². The van der Waals surface area contributed by atoms with Crippen LogP contribution in [0.15, 0.2) is 77.7 Å². The number of rotatable bonds is 11. The first kappa shape index (κ1) is 29.8. The summed E-state index contributed by atoms with van der Waals surface area (Å²) >= 11 is 0. The van der Waals surface area contributed by atoms with Crippen LogP contribution >= 0.6 is 0 Å². The summed E-state index contributed by atoms with van der Waals surface area (Å²) < 4.78 is 43.2. The van der Waals surface area contributed by atoms with Crippen LogP contribution in [-0.2, 0) is 26.2 Å². The van der Waals surface area contributed by atoms with Crippen LogP contribution in [0.2, 0.25) is 0 Å². The first-order valence-electron chi connectivity index (χ1n) is 12.9. The smallest absolute Gasteiger partial charge is 0.264 e. The third kappa shape index (κ3) is 7.44. The average molecular weight is 554 g/mol. The van der Waals surface area contributed by atoms with Crippen molar-refractivity contribution in [2.45, 2.75) is 52.1 Å². The van der Waals surface area contributed by atoms with E-state index in [-0.39, 0.29) is 22.9 Å². The van der Waals surface area contributed by atoms with Gasteiger partial charge in [-0.3, -0.25) is 13.9 Å². The number of anilines is 1. The number of hydrogen-bond acceptors (Lipinski definition) is 4. The zero-order valence-corrected chi connectivity index (χ0v) is 23.8. The SMILES string of the molecule is Cc1ccc(N(CC(=O)N(Cc2ccccc2F)[C@H](C)C(=O)NCC(C)C)S(=O)(=O)c2ccccc2)cc1C. The van der Waals surface area contributed by atoms with E-state index in [1.165, 1.54) is 35.2 Å². The Hall–Kier alpha value is -3.72. The molecule has 0 unspecified atom stereocenters. The number of nitrogens with one attached hydrogen (secondary N) is 1. The van der Waals surface area contributed by atoms with Crippen molar-refractivity contribution >= 4 is 27.5 Å². The topological polar surface area (TPSA) is 86.8 Å². The molecule has 0 radical (unpaired) electrons. The second-order valence-electron chi connectivity index (χ2n) is 10.0. The monoisotopic (exact) mass is 553 g/mol. The van der Waals surface area contributed by atoms with Gasteiger partial charge in [0.15, 0.2) is 0 Å². The van der Waals surface area contributed by atoms with E-state index in [1.54, 1.807) is 49.4 Å². The van der Waals surface area contributed by atoms with Crippen molar-refractivity contribution in [2.75, 3.05) is 17.4 Å². The van der Waals surface area contributed by atoms with Crippen LogP contribution in [-0.4, -0.2) is 44.3 Å². The molecule has 0 saturated heterocycles. The van der Waals surface area contributed by atoms with Gasteiger partial charge in [-0.05, 0) is 68.1 Å². The molecule has 9 heteroatoms. The molecule has 2 amide bonds. The van der Waals surface area contributed by atoms with Gasteiger partial charge < -0.3 is 10.2 Å². The lowest BCUT2D eigenvalue weighted by Gasteiger charge is -2.32. The summed E-state index contributed by atoms with van der Waals surface area (Å²) in [5.74, 6) is -1.37.